The third-order valence-corrected chi connectivity index (χ3v) is 3.45. The predicted octanol–water partition coefficient (Wildman–Crippen LogP) is 2.87. The molecule has 3 nitrogen and oxygen atoms in total. The quantitative estimate of drug-likeness (QED) is 0.819. The monoisotopic (exact) mass is 319 g/mol. The van der Waals surface area contributed by atoms with Crippen molar-refractivity contribution in [3.05, 3.63) is 29.3 Å². The fourth-order valence-corrected chi connectivity index (χ4v) is 1.43. The summed E-state index contributed by atoms with van der Waals surface area (Å²) in [6.07, 6.45) is 0. The molecule has 0 aliphatic heterocycles. The second kappa shape index (κ2) is 7.56. The molecule has 0 aromatic heterocycles. The number of alkyl halides is 1. The van der Waals surface area contributed by atoms with Crippen LogP contribution in [0.1, 0.15) is 6.92 Å². The summed E-state index contributed by atoms with van der Waals surface area (Å²) < 4.78 is 5.31. The maximum atomic E-state index is 11.4. The average Bonchev–Trinajstić information content (AvgIpc) is 2.35. The Hall–Kier alpha value is -0.740. The number of hydrogen-bond acceptors (Lipinski definition) is 2. The first-order valence-electron chi connectivity index (χ1n) is 5.33. The molecular weight excluding hydrogens is 305 g/mol. The van der Waals surface area contributed by atoms with E-state index in [4.69, 9.17) is 16.3 Å². The highest BCUT2D eigenvalue weighted by atomic mass is 79.9. The molecule has 1 aromatic carbocycles. The lowest BCUT2D eigenvalue weighted by molar-refractivity contribution is -0.123. The normalized spacial score (nSPS) is 11.9. The van der Waals surface area contributed by atoms with E-state index in [1.807, 2.05) is 0 Å². The Morgan fingerprint density at radius 3 is 2.71 bits per heavy atom. The van der Waals surface area contributed by atoms with Crippen LogP contribution in [0.2, 0.25) is 5.02 Å². The summed E-state index contributed by atoms with van der Waals surface area (Å²) >= 11 is 9.09. The lowest BCUT2D eigenvalue weighted by Crippen LogP contribution is -2.32. The number of rotatable bonds is 6. The van der Waals surface area contributed by atoms with Crippen LogP contribution in [0.15, 0.2) is 24.3 Å². The Morgan fingerprint density at radius 1 is 1.47 bits per heavy atom. The standard InChI is InChI=1S/C12H15BrClNO2/c1-9(6-13)7-15-12(16)8-17-11-4-2-10(14)3-5-11/h2-5,9H,6-8H2,1H3,(H,15,16). The molecule has 1 aromatic rings. The zero-order chi connectivity index (χ0) is 12.7. The third-order valence-electron chi connectivity index (χ3n) is 2.09. The topological polar surface area (TPSA) is 38.3 Å². The first-order chi connectivity index (χ1) is 8.11. The molecule has 0 fully saturated rings. The van der Waals surface area contributed by atoms with Crippen molar-refractivity contribution in [2.45, 2.75) is 6.92 Å². The van der Waals surface area contributed by atoms with Gasteiger partial charge in [-0.1, -0.05) is 34.5 Å². The Morgan fingerprint density at radius 2 is 2.12 bits per heavy atom. The van der Waals surface area contributed by atoms with Crippen LogP contribution >= 0.6 is 27.5 Å². The van der Waals surface area contributed by atoms with Crippen LogP contribution in [-0.2, 0) is 4.79 Å². The van der Waals surface area contributed by atoms with Crippen molar-refractivity contribution in [2.24, 2.45) is 5.92 Å². The molecule has 1 unspecified atom stereocenters. The number of amides is 1. The van der Waals surface area contributed by atoms with E-state index in [9.17, 15) is 4.79 Å². The van der Waals surface area contributed by atoms with E-state index < -0.39 is 0 Å². The largest absolute Gasteiger partial charge is 0.484 e. The Balaban J connectivity index is 2.26. The van der Waals surface area contributed by atoms with Crippen LogP contribution in [0.3, 0.4) is 0 Å². The van der Waals surface area contributed by atoms with E-state index in [1.165, 1.54) is 0 Å². The Kier molecular flexibility index (Phi) is 6.37. The van der Waals surface area contributed by atoms with Crippen LogP contribution in [-0.4, -0.2) is 24.4 Å². The highest BCUT2D eigenvalue weighted by Gasteiger charge is 2.05. The summed E-state index contributed by atoms with van der Waals surface area (Å²) in [6, 6.07) is 6.91. The average molecular weight is 321 g/mol. The number of carbonyl (C=O) groups is 1. The Bertz CT molecular complexity index is 356. The van der Waals surface area contributed by atoms with Crippen LogP contribution in [0, 0.1) is 5.92 Å². The molecule has 0 heterocycles. The molecule has 1 atom stereocenters. The van der Waals surface area contributed by atoms with Crippen molar-refractivity contribution < 1.29 is 9.53 Å². The van der Waals surface area contributed by atoms with Gasteiger partial charge in [-0.15, -0.1) is 0 Å². The molecule has 5 heteroatoms. The molecular formula is C12H15BrClNO2. The molecule has 0 aliphatic carbocycles. The van der Waals surface area contributed by atoms with Gasteiger partial charge in [-0.2, -0.15) is 0 Å². The number of nitrogens with one attached hydrogen (secondary N) is 1. The second-order valence-corrected chi connectivity index (χ2v) is 4.89. The van der Waals surface area contributed by atoms with Crippen molar-refractivity contribution in [1.29, 1.82) is 0 Å². The first kappa shape index (κ1) is 14.3. The molecule has 1 rings (SSSR count). The van der Waals surface area contributed by atoms with E-state index in [1.54, 1.807) is 24.3 Å². The Labute approximate surface area is 115 Å². The van der Waals surface area contributed by atoms with E-state index >= 15 is 0 Å². The van der Waals surface area contributed by atoms with E-state index in [2.05, 4.69) is 28.2 Å². The van der Waals surface area contributed by atoms with E-state index in [0.29, 0.717) is 23.2 Å². The molecule has 94 valence electrons. The maximum absolute atomic E-state index is 11.4. The molecule has 0 spiro atoms. The number of hydrogen-bond donors (Lipinski definition) is 1. The predicted molar refractivity (Wildman–Crippen MR) is 72.9 cm³/mol. The van der Waals surface area contributed by atoms with Gasteiger partial charge in [0.2, 0.25) is 0 Å². The first-order valence-corrected chi connectivity index (χ1v) is 6.82. The van der Waals surface area contributed by atoms with Crippen molar-refractivity contribution in [1.82, 2.24) is 5.32 Å². The zero-order valence-corrected chi connectivity index (χ0v) is 11.9. The fraction of sp³-hybridized carbons (Fsp3) is 0.417. The van der Waals surface area contributed by atoms with Crippen molar-refractivity contribution in [3.63, 3.8) is 0 Å². The van der Waals surface area contributed by atoms with Gasteiger partial charge in [0.05, 0.1) is 0 Å². The van der Waals surface area contributed by atoms with Gasteiger partial charge in [-0.25, -0.2) is 0 Å². The fourth-order valence-electron chi connectivity index (χ4n) is 1.07. The third kappa shape index (κ3) is 5.94. The van der Waals surface area contributed by atoms with Crippen molar-refractivity contribution in [2.75, 3.05) is 18.5 Å². The summed E-state index contributed by atoms with van der Waals surface area (Å²) in [5.41, 5.74) is 0. The van der Waals surface area contributed by atoms with Crippen LogP contribution in [0.25, 0.3) is 0 Å². The smallest absolute Gasteiger partial charge is 0.257 e. The molecule has 17 heavy (non-hydrogen) atoms. The number of ether oxygens (including phenoxy) is 1. The van der Waals surface area contributed by atoms with Gasteiger partial charge in [0.25, 0.3) is 5.91 Å². The second-order valence-electron chi connectivity index (χ2n) is 3.81. The van der Waals surface area contributed by atoms with Gasteiger partial charge < -0.3 is 10.1 Å². The molecule has 0 saturated carbocycles. The SMILES string of the molecule is CC(CBr)CNC(=O)COc1ccc(Cl)cc1. The minimum atomic E-state index is -0.118. The van der Waals surface area contributed by atoms with Crippen molar-refractivity contribution >= 4 is 33.4 Å². The molecule has 0 bridgehead atoms. The summed E-state index contributed by atoms with van der Waals surface area (Å²) in [5, 5.41) is 4.31. The summed E-state index contributed by atoms with van der Waals surface area (Å²) in [5.74, 6) is 0.931. The summed E-state index contributed by atoms with van der Waals surface area (Å²) in [4.78, 5) is 11.4. The molecule has 1 N–H and O–H groups in total. The number of halogens is 2. The van der Waals surface area contributed by atoms with Crippen LogP contribution in [0.4, 0.5) is 0 Å². The van der Waals surface area contributed by atoms with Gasteiger partial charge >= 0.3 is 0 Å². The summed E-state index contributed by atoms with van der Waals surface area (Å²) in [6.45, 7) is 2.72. The van der Waals surface area contributed by atoms with E-state index in [0.717, 1.165) is 5.33 Å². The maximum Gasteiger partial charge on any atom is 0.257 e. The molecule has 1 amide bonds. The lowest BCUT2D eigenvalue weighted by Gasteiger charge is -2.10. The minimum Gasteiger partial charge on any atom is -0.484 e. The van der Waals surface area contributed by atoms with E-state index in [-0.39, 0.29) is 12.5 Å². The number of benzene rings is 1. The molecule has 0 radical (unpaired) electrons. The minimum absolute atomic E-state index is 0.0244. The zero-order valence-electron chi connectivity index (χ0n) is 9.58. The van der Waals surface area contributed by atoms with Gasteiger partial charge in [0.1, 0.15) is 5.75 Å². The highest BCUT2D eigenvalue weighted by Crippen LogP contribution is 2.15. The highest BCUT2D eigenvalue weighted by molar-refractivity contribution is 9.09. The summed E-state index contributed by atoms with van der Waals surface area (Å²) in [7, 11) is 0. The van der Waals surface area contributed by atoms with Crippen LogP contribution < -0.4 is 10.1 Å². The lowest BCUT2D eigenvalue weighted by atomic mass is 10.2. The van der Waals surface area contributed by atoms with Crippen LogP contribution in [0.5, 0.6) is 5.75 Å². The molecule has 0 saturated heterocycles. The van der Waals surface area contributed by atoms with Gasteiger partial charge in [0, 0.05) is 16.9 Å². The van der Waals surface area contributed by atoms with Gasteiger partial charge in [-0.3, -0.25) is 4.79 Å². The number of carbonyl (C=O) groups excluding carboxylic acids is 1. The van der Waals surface area contributed by atoms with Gasteiger partial charge in [0.15, 0.2) is 6.61 Å². The molecule has 0 aliphatic rings. The van der Waals surface area contributed by atoms with Crippen molar-refractivity contribution in [3.8, 4) is 5.75 Å². The van der Waals surface area contributed by atoms with Gasteiger partial charge in [-0.05, 0) is 30.2 Å².